The van der Waals surface area contributed by atoms with Crippen LogP contribution >= 0.6 is 0 Å². The molecule has 0 saturated heterocycles. The quantitative estimate of drug-likeness (QED) is 0.166. The molecule has 9 rings (SSSR count). The van der Waals surface area contributed by atoms with E-state index in [2.05, 4.69) is 117 Å². The van der Waals surface area contributed by atoms with Gasteiger partial charge in [0.2, 0.25) is 0 Å². The summed E-state index contributed by atoms with van der Waals surface area (Å²) in [5.41, 5.74) is 11.4. The van der Waals surface area contributed by atoms with Gasteiger partial charge in [-0.2, -0.15) is 0 Å². The molecule has 4 nitrogen and oxygen atoms in total. The van der Waals surface area contributed by atoms with Gasteiger partial charge < -0.3 is 14.0 Å². The van der Waals surface area contributed by atoms with Crippen molar-refractivity contribution in [3.63, 3.8) is 0 Å². The van der Waals surface area contributed by atoms with Gasteiger partial charge in [-0.15, -0.1) is 54.1 Å². The van der Waals surface area contributed by atoms with Crippen molar-refractivity contribution in [2.45, 2.75) is 78.2 Å². The van der Waals surface area contributed by atoms with Crippen LogP contribution in [0.5, 0.6) is 0 Å². The third-order valence-corrected chi connectivity index (χ3v) is 10.0. The standard InChI is InChI=1S/C23H23N2.C22H20NO.Ir/c1-23(2)15-14-19-18(16-8-6-7-9-16)12-13-20-21(19)25(23)22(24-20)17-10-4-3-5-11-17;1-22(2,3)14-15-11-12-23-19(13-15)18-9-6-8-17-16-7-4-5-10-20(16)24-21(17)18;/h3-5,10,12-16H,6-9H2,1-2H3;4-8,10-13H,14H2,1-3H3;/q2*-1;. The largest absolute Gasteiger partial charge is 0.501 e. The zero-order valence-electron chi connectivity index (χ0n) is 29.5. The molecule has 4 aromatic carbocycles. The first-order valence-corrected chi connectivity index (χ1v) is 17.7. The third-order valence-electron chi connectivity index (χ3n) is 10.0. The minimum absolute atomic E-state index is 0. The van der Waals surface area contributed by atoms with Crippen molar-refractivity contribution >= 4 is 39.0 Å². The molecule has 255 valence electrons. The Morgan fingerprint density at radius 3 is 2.48 bits per heavy atom. The molecule has 0 atom stereocenters. The molecule has 1 saturated carbocycles. The van der Waals surface area contributed by atoms with E-state index in [-0.39, 0.29) is 31.1 Å². The Labute approximate surface area is 309 Å². The summed E-state index contributed by atoms with van der Waals surface area (Å²) in [6, 6.07) is 35.8. The molecule has 0 N–H and O–H groups in total. The van der Waals surface area contributed by atoms with E-state index in [4.69, 9.17) is 9.40 Å². The molecule has 3 aromatic heterocycles. The van der Waals surface area contributed by atoms with E-state index in [1.165, 1.54) is 47.9 Å². The summed E-state index contributed by atoms with van der Waals surface area (Å²) in [6.07, 6.45) is 12.9. The van der Waals surface area contributed by atoms with Crippen LogP contribution in [0.1, 0.15) is 82.9 Å². The Morgan fingerprint density at radius 1 is 0.900 bits per heavy atom. The normalized spacial score (nSPS) is 15.3. The van der Waals surface area contributed by atoms with Crippen molar-refractivity contribution in [2.75, 3.05) is 0 Å². The summed E-state index contributed by atoms with van der Waals surface area (Å²) < 4.78 is 8.53. The third kappa shape index (κ3) is 6.38. The smallest absolute Gasteiger partial charge is 0.120 e. The van der Waals surface area contributed by atoms with Crippen LogP contribution < -0.4 is 0 Å². The van der Waals surface area contributed by atoms with Crippen molar-refractivity contribution in [1.29, 1.82) is 0 Å². The Kier molecular flexibility index (Phi) is 9.17. The molecule has 5 heteroatoms. The fourth-order valence-electron chi connectivity index (χ4n) is 7.83. The van der Waals surface area contributed by atoms with Crippen LogP contribution in [0.25, 0.3) is 61.7 Å². The Hall–Kier alpha value is -4.31. The number of pyridine rings is 1. The summed E-state index contributed by atoms with van der Waals surface area (Å²) in [4.78, 5) is 9.58. The van der Waals surface area contributed by atoms with E-state index in [9.17, 15) is 0 Å². The first-order valence-electron chi connectivity index (χ1n) is 17.7. The minimum Gasteiger partial charge on any atom is -0.501 e. The number of aromatic nitrogens is 3. The van der Waals surface area contributed by atoms with Crippen LogP contribution in [-0.4, -0.2) is 14.5 Å². The molecule has 4 heterocycles. The molecule has 2 aliphatic rings. The van der Waals surface area contributed by atoms with Crippen molar-refractivity contribution < 1.29 is 24.5 Å². The molecule has 1 aliphatic heterocycles. The fraction of sp³-hybridized carbons (Fsp3) is 0.289. The van der Waals surface area contributed by atoms with Crippen molar-refractivity contribution in [1.82, 2.24) is 14.5 Å². The van der Waals surface area contributed by atoms with E-state index in [1.54, 1.807) is 0 Å². The summed E-state index contributed by atoms with van der Waals surface area (Å²) in [5.74, 6) is 1.73. The number of furan rings is 1. The number of benzene rings is 4. The van der Waals surface area contributed by atoms with Crippen LogP contribution in [0, 0.1) is 17.5 Å². The number of hydrogen-bond acceptors (Lipinski definition) is 3. The monoisotopic (exact) mass is 834 g/mol. The SMILES string of the molecule is CC(C)(C)Cc1ccnc(-c2[c-]ccc3c2oc2ccccc23)c1.CC1(C)C=Cc2c(C3CCCC3)ccc3nc(-c4[c-]cccc4)n1c23.[Ir]. The molecule has 0 amide bonds. The van der Waals surface area contributed by atoms with Crippen LogP contribution in [0.15, 0.2) is 102 Å². The van der Waals surface area contributed by atoms with Gasteiger partial charge in [-0.1, -0.05) is 92.6 Å². The number of rotatable bonds is 4. The van der Waals surface area contributed by atoms with Gasteiger partial charge in [0.15, 0.2) is 0 Å². The molecule has 0 spiro atoms. The number of imidazole rings is 1. The molecule has 50 heavy (non-hydrogen) atoms. The molecule has 1 aliphatic carbocycles. The summed E-state index contributed by atoms with van der Waals surface area (Å²) in [6.45, 7) is 11.3. The maximum Gasteiger partial charge on any atom is 0.120 e. The molecule has 1 radical (unpaired) electrons. The van der Waals surface area contributed by atoms with Gasteiger partial charge in [0.1, 0.15) is 5.58 Å². The minimum atomic E-state index is -0.0882. The van der Waals surface area contributed by atoms with Crippen LogP contribution in [0.2, 0.25) is 0 Å². The second-order valence-corrected chi connectivity index (χ2v) is 15.4. The van der Waals surface area contributed by atoms with Gasteiger partial charge in [-0.25, -0.2) is 0 Å². The molecule has 1 fully saturated rings. The fourth-order valence-corrected chi connectivity index (χ4v) is 7.83. The summed E-state index contributed by atoms with van der Waals surface area (Å²) >= 11 is 0. The van der Waals surface area contributed by atoms with Crippen LogP contribution in [0.4, 0.5) is 0 Å². The summed E-state index contributed by atoms with van der Waals surface area (Å²) in [5, 5.41) is 2.25. The van der Waals surface area contributed by atoms with Gasteiger partial charge in [-0.05, 0) is 73.9 Å². The van der Waals surface area contributed by atoms with Crippen LogP contribution in [0.3, 0.4) is 0 Å². The molecular weight excluding hydrogens is 791 g/mol. The molecule has 0 bridgehead atoms. The Morgan fingerprint density at radius 2 is 1.70 bits per heavy atom. The van der Waals surface area contributed by atoms with E-state index in [0.717, 1.165) is 56.5 Å². The first-order chi connectivity index (χ1) is 23.7. The van der Waals surface area contributed by atoms with Crippen LogP contribution in [-0.2, 0) is 32.1 Å². The van der Waals surface area contributed by atoms with Gasteiger partial charge in [0, 0.05) is 37.3 Å². The second kappa shape index (κ2) is 13.4. The number of hydrogen-bond donors (Lipinski definition) is 0. The zero-order valence-corrected chi connectivity index (χ0v) is 31.9. The molecule has 7 aromatic rings. The van der Waals surface area contributed by atoms with Gasteiger partial charge >= 0.3 is 0 Å². The van der Waals surface area contributed by atoms with Gasteiger partial charge in [0.05, 0.1) is 28.0 Å². The maximum absolute atomic E-state index is 6.11. The molecular formula is C45H43IrN3O-2. The first kappa shape index (κ1) is 34.2. The average molecular weight is 834 g/mol. The van der Waals surface area contributed by atoms with Crippen molar-refractivity contribution in [2.24, 2.45) is 5.41 Å². The van der Waals surface area contributed by atoms with E-state index in [1.807, 2.05) is 42.6 Å². The zero-order chi connectivity index (χ0) is 33.8. The number of fused-ring (bicyclic) bond motifs is 3. The predicted molar refractivity (Wildman–Crippen MR) is 203 cm³/mol. The maximum atomic E-state index is 6.11. The number of nitrogens with zero attached hydrogens (tertiary/aromatic N) is 3. The second-order valence-electron chi connectivity index (χ2n) is 15.4. The molecule has 0 unspecified atom stereocenters. The summed E-state index contributed by atoms with van der Waals surface area (Å²) in [7, 11) is 0. The predicted octanol–water partition coefficient (Wildman–Crippen LogP) is 12.0. The van der Waals surface area contributed by atoms with E-state index in [0.29, 0.717) is 5.92 Å². The average Bonchev–Trinajstić information content (AvgIpc) is 3.85. The number of allylic oxidation sites excluding steroid dienone is 1. The topological polar surface area (TPSA) is 43.9 Å². The van der Waals surface area contributed by atoms with Gasteiger partial charge in [0.25, 0.3) is 0 Å². The number of para-hydroxylation sites is 1. The van der Waals surface area contributed by atoms with E-state index < -0.39 is 0 Å². The van der Waals surface area contributed by atoms with E-state index >= 15 is 0 Å². The van der Waals surface area contributed by atoms with Gasteiger partial charge in [-0.3, -0.25) is 4.98 Å². The Balaban J connectivity index is 0.000000154. The van der Waals surface area contributed by atoms with Crippen molar-refractivity contribution in [3.05, 3.63) is 126 Å². The Bertz CT molecular complexity index is 2330. The van der Waals surface area contributed by atoms with Crippen molar-refractivity contribution in [3.8, 4) is 22.6 Å².